The summed E-state index contributed by atoms with van der Waals surface area (Å²) in [4.78, 5) is 17.7. The quantitative estimate of drug-likeness (QED) is 0.283. The number of nitrogens with one attached hydrogen (secondary N) is 1. The lowest BCUT2D eigenvalue weighted by Gasteiger charge is -2.19. The predicted octanol–water partition coefficient (Wildman–Crippen LogP) is 6.30. The van der Waals surface area contributed by atoms with Crippen LogP contribution in [0.4, 0.5) is 0 Å². The molecule has 0 radical (unpaired) electrons. The molecule has 1 atom stereocenters. The van der Waals surface area contributed by atoms with Gasteiger partial charge in [0.2, 0.25) is 0 Å². The molecule has 3 aromatic carbocycles. The van der Waals surface area contributed by atoms with Gasteiger partial charge in [0, 0.05) is 12.1 Å². The summed E-state index contributed by atoms with van der Waals surface area (Å²) in [5.41, 5.74) is 3.95. The van der Waals surface area contributed by atoms with Gasteiger partial charge in [0.15, 0.2) is 0 Å². The lowest BCUT2D eigenvalue weighted by molar-refractivity contribution is 0.0937. The van der Waals surface area contributed by atoms with Gasteiger partial charge in [0.25, 0.3) is 5.91 Å². The number of fused-ring (bicyclic) bond motifs is 1. The number of amides is 1. The van der Waals surface area contributed by atoms with Gasteiger partial charge in [-0.1, -0.05) is 45.0 Å². The van der Waals surface area contributed by atoms with E-state index < -0.39 is 0 Å². The third-order valence-electron chi connectivity index (χ3n) is 6.29. The number of hydrogen-bond acceptors (Lipinski definition) is 4. The Hall–Kier alpha value is -3.80. The maximum absolute atomic E-state index is 12.8. The summed E-state index contributed by atoms with van der Waals surface area (Å²) >= 11 is 0. The van der Waals surface area contributed by atoms with Gasteiger partial charge in [-0.25, -0.2) is 4.98 Å². The van der Waals surface area contributed by atoms with Crippen molar-refractivity contribution in [3.8, 4) is 11.5 Å². The first-order valence-corrected chi connectivity index (χ1v) is 12.4. The van der Waals surface area contributed by atoms with E-state index in [1.165, 1.54) is 5.56 Å². The number of methoxy groups -OCH3 is 1. The van der Waals surface area contributed by atoms with E-state index in [0.29, 0.717) is 17.9 Å². The predicted molar refractivity (Wildman–Crippen MR) is 144 cm³/mol. The molecule has 1 aromatic heterocycles. The summed E-state index contributed by atoms with van der Waals surface area (Å²) in [6.45, 7) is 9.90. The van der Waals surface area contributed by atoms with Gasteiger partial charge in [-0.15, -0.1) is 0 Å². The van der Waals surface area contributed by atoms with Crippen molar-refractivity contribution in [3.05, 3.63) is 89.7 Å². The van der Waals surface area contributed by atoms with Crippen LogP contribution in [0.25, 0.3) is 11.0 Å². The topological polar surface area (TPSA) is 65.4 Å². The van der Waals surface area contributed by atoms with Crippen molar-refractivity contribution in [2.75, 3.05) is 13.7 Å². The maximum atomic E-state index is 12.8. The van der Waals surface area contributed by atoms with Gasteiger partial charge < -0.3 is 19.4 Å². The van der Waals surface area contributed by atoms with Crippen LogP contribution >= 0.6 is 0 Å². The van der Waals surface area contributed by atoms with Crippen molar-refractivity contribution in [2.24, 2.45) is 0 Å². The Labute approximate surface area is 213 Å². The van der Waals surface area contributed by atoms with Crippen LogP contribution in [0.1, 0.15) is 61.9 Å². The number of benzene rings is 3. The first kappa shape index (κ1) is 25.3. The highest BCUT2D eigenvalue weighted by molar-refractivity contribution is 5.94. The van der Waals surface area contributed by atoms with Gasteiger partial charge >= 0.3 is 0 Å². The minimum atomic E-state index is -0.266. The SMILES string of the molecule is COc1ccc(C(=O)NC(C)c2nc3ccccc3n2CCCOc2ccc(C(C)(C)C)cc2)cc1. The zero-order valence-electron chi connectivity index (χ0n) is 21.7. The molecule has 0 aliphatic carbocycles. The number of nitrogens with zero attached hydrogens (tertiary/aromatic N) is 2. The maximum Gasteiger partial charge on any atom is 0.251 e. The average Bonchev–Trinajstić information content (AvgIpc) is 3.25. The van der Waals surface area contributed by atoms with E-state index >= 15 is 0 Å². The Bertz CT molecular complexity index is 1300. The Kier molecular flexibility index (Phi) is 7.63. The molecular weight excluding hydrogens is 450 g/mol. The van der Waals surface area contributed by atoms with Crippen LogP contribution in [0, 0.1) is 0 Å². The smallest absolute Gasteiger partial charge is 0.251 e. The molecule has 0 bridgehead atoms. The molecular formula is C30H35N3O3. The monoisotopic (exact) mass is 485 g/mol. The first-order valence-electron chi connectivity index (χ1n) is 12.4. The fourth-order valence-electron chi connectivity index (χ4n) is 4.21. The first-order chi connectivity index (χ1) is 17.3. The average molecular weight is 486 g/mol. The van der Waals surface area contributed by atoms with Crippen molar-refractivity contribution in [1.29, 1.82) is 0 Å². The Balaban J connectivity index is 1.43. The van der Waals surface area contributed by atoms with E-state index in [1.54, 1.807) is 31.4 Å². The summed E-state index contributed by atoms with van der Waals surface area (Å²) in [5.74, 6) is 2.27. The summed E-state index contributed by atoms with van der Waals surface area (Å²) in [6, 6.07) is 23.2. The second-order valence-electron chi connectivity index (χ2n) is 10.0. The number of para-hydroxylation sites is 2. The molecule has 4 rings (SSSR count). The van der Waals surface area contributed by atoms with Crippen molar-refractivity contribution in [3.63, 3.8) is 0 Å². The highest BCUT2D eigenvalue weighted by Crippen LogP contribution is 2.25. The number of carbonyl (C=O) groups excluding carboxylic acids is 1. The van der Waals surface area contributed by atoms with Crippen LogP contribution in [0.5, 0.6) is 11.5 Å². The van der Waals surface area contributed by atoms with Gasteiger partial charge in [0.05, 0.1) is 30.8 Å². The Morgan fingerprint density at radius 3 is 2.31 bits per heavy atom. The number of ether oxygens (including phenoxy) is 2. The molecule has 0 saturated carbocycles. The number of carbonyl (C=O) groups is 1. The third-order valence-corrected chi connectivity index (χ3v) is 6.29. The molecule has 1 unspecified atom stereocenters. The van der Waals surface area contributed by atoms with Crippen molar-refractivity contribution >= 4 is 16.9 Å². The number of aryl methyl sites for hydroxylation is 1. The molecule has 1 heterocycles. The molecule has 1 amide bonds. The molecule has 36 heavy (non-hydrogen) atoms. The van der Waals surface area contributed by atoms with Crippen LogP contribution in [0.15, 0.2) is 72.8 Å². The Morgan fingerprint density at radius 2 is 1.64 bits per heavy atom. The fraction of sp³-hybridized carbons (Fsp3) is 0.333. The standard InChI is InChI=1S/C30H35N3O3/c1-21(31-29(34)22-11-15-24(35-5)16-12-22)28-32-26-9-6-7-10-27(26)33(28)19-8-20-36-25-17-13-23(14-18-25)30(2,3)4/h6-7,9-18,21H,8,19-20H2,1-5H3,(H,31,34). The fourth-order valence-corrected chi connectivity index (χ4v) is 4.21. The summed E-state index contributed by atoms with van der Waals surface area (Å²) < 4.78 is 13.4. The van der Waals surface area contributed by atoms with E-state index in [1.807, 2.05) is 37.3 Å². The molecule has 4 aromatic rings. The third kappa shape index (κ3) is 5.88. The second kappa shape index (κ2) is 10.9. The normalized spacial score (nSPS) is 12.4. The number of imidazole rings is 1. The molecule has 188 valence electrons. The molecule has 0 fully saturated rings. The summed E-state index contributed by atoms with van der Waals surface area (Å²) in [5, 5.41) is 3.09. The van der Waals surface area contributed by atoms with E-state index in [-0.39, 0.29) is 17.4 Å². The lowest BCUT2D eigenvalue weighted by atomic mass is 9.87. The minimum absolute atomic E-state index is 0.122. The Morgan fingerprint density at radius 1 is 0.972 bits per heavy atom. The molecule has 0 saturated heterocycles. The zero-order chi connectivity index (χ0) is 25.7. The van der Waals surface area contributed by atoms with E-state index in [9.17, 15) is 4.79 Å². The van der Waals surface area contributed by atoms with E-state index in [4.69, 9.17) is 14.5 Å². The summed E-state index contributed by atoms with van der Waals surface area (Å²) in [7, 11) is 1.61. The van der Waals surface area contributed by atoms with Crippen molar-refractivity contribution < 1.29 is 14.3 Å². The van der Waals surface area contributed by atoms with Crippen LogP contribution < -0.4 is 14.8 Å². The zero-order valence-corrected chi connectivity index (χ0v) is 21.7. The van der Waals surface area contributed by atoms with Crippen LogP contribution in [-0.2, 0) is 12.0 Å². The van der Waals surface area contributed by atoms with Gasteiger partial charge in [-0.2, -0.15) is 0 Å². The second-order valence-corrected chi connectivity index (χ2v) is 10.0. The molecule has 6 nitrogen and oxygen atoms in total. The molecule has 6 heteroatoms. The molecule has 0 spiro atoms. The number of rotatable bonds is 9. The summed E-state index contributed by atoms with van der Waals surface area (Å²) in [6.07, 6.45) is 0.813. The van der Waals surface area contributed by atoms with E-state index in [2.05, 4.69) is 48.9 Å². The van der Waals surface area contributed by atoms with Gasteiger partial charge in [-0.05, 0) is 72.9 Å². The van der Waals surface area contributed by atoms with Crippen molar-refractivity contribution in [1.82, 2.24) is 14.9 Å². The molecule has 1 N–H and O–H groups in total. The lowest BCUT2D eigenvalue weighted by Crippen LogP contribution is -2.28. The van der Waals surface area contributed by atoms with Gasteiger partial charge in [0.1, 0.15) is 17.3 Å². The highest BCUT2D eigenvalue weighted by Gasteiger charge is 2.19. The van der Waals surface area contributed by atoms with Crippen LogP contribution in [0.2, 0.25) is 0 Å². The van der Waals surface area contributed by atoms with Crippen LogP contribution in [-0.4, -0.2) is 29.2 Å². The minimum Gasteiger partial charge on any atom is -0.497 e. The molecule has 0 aliphatic rings. The van der Waals surface area contributed by atoms with E-state index in [0.717, 1.165) is 35.6 Å². The number of hydrogen-bond donors (Lipinski definition) is 1. The van der Waals surface area contributed by atoms with Crippen LogP contribution in [0.3, 0.4) is 0 Å². The molecule has 0 aliphatic heterocycles. The van der Waals surface area contributed by atoms with Gasteiger partial charge in [-0.3, -0.25) is 4.79 Å². The highest BCUT2D eigenvalue weighted by atomic mass is 16.5. The number of aromatic nitrogens is 2. The largest absolute Gasteiger partial charge is 0.497 e. The van der Waals surface area contributed by atoms with Crippen molar-refractivity contribution in [2.45, 2.75) is 52.1 Å².